The predicted octanol–water partition coefficient (Wildman–Crippen LogP) is 0.257. The number of benzene rings is 2. The van der Waals surface area contributed by atoms with E-state index in [1.807, 2.05) is 0 Å². The molecule has 0 amide bonds. The number of aromatic carboxylic acids is 1. The van der Waals surface area contributed by atoms with Crippen LogP contribution in [0.1, 0.15) is 42.2 Å². The second-order valence-corrected chi connectivity index (χ2v) is 6.27. The molecule has 0 aliphatic carbocycles. The first-order valence-corrected chi connectivity index (χ1v) is 8.35. The molecule has 0 aromatic heterocycles. The number of aliphatic hydroxyl groups excluding tert-OH is 2. The average molecular weight is 422 g/mol. The lowest BCUT2D eigenvalue weighted by Crippen LogP contribution is -2.22. The Labute approximate surface area is 168 Å². The van der Waals surface area contributed by atoms with Gasteiger partial charge in [0.2, 0.25) is 5.78 Å². The number of ether oxygens (including phenoxy) is 1. The third-order valence-corrected chi connectivity index (χ3v) is 4.09. The number of rotatable bonds is 7. The highest BCUT2D eigenvalue weighted by Crippen LogP contribution is 2.38. The quantitative estimate of drug-likeness (QED) is 0.238. The number of carbonyl (C=O) groups excluding carboxylic acids is 2. The Bertz CT molecular complexity index is 1030. The maximum atomic E-state index is 12.9. The summed E-state index contributed by atoms with van der Waals surface area (Å²) in [6, 6.07) is 2.31. The Morgan fingerprint density at radius 2 is 1.57 bits per heavy atom. The second-order valence-electron chi connectivity index (χ2n) is 6.27. The molecular formula is C19H18O11. The van der Waals surface area contributed by atoms with E-state index >= 15 is 0 Å². The molecule has 0 heterocycles. The molecule has 160 valence electrons. The molecule has 0 bridgehead atoms. The van der Waals surface area contributed by atoms with Gasteiger partial charge in [-0.3, -0.25) is 4.79 Å². The zero-order chi connectivity index (χ0) is 22.7. The summed E-state index contributed by atoms with van der Waals surface area (Å²) >= 11 is 0. The van der Waals surface area contributed by atoms with Crippen molar-refractivity contribution in [3.63, 3.8) is 0 Å². The maximum absolute atomic E-state index is 12.9. The number of phenolic OH excluding ortho intramolecular Hbond substituents is 4. The Morgan fingerprint density at radius 3 is 2.13 bits per heavy atom. The lowest BCUT2D eigenvalue weighted by molar-refractivity contribution is 0.00906. The Hall–Kier alpha value is -3.83. The number of phenols is 4. The second kappa shape index (κ2) is 8.68. The maximum Gasteiger partial charge on any atom is 0.342 e. The van der Waals surface area contributed by atoms with E-state index < -0.39 is 82.3 Å². The average Bonchev–Trinajstić information content (AvgIpc) is 2.64. The van der Waals surface area contributed by atoms with E-state index in [2.05, 4.69) is 0 Å². The fourth-order valence-corrected chi connectivity index (χ4v) is 2.71. The standard InChI is InChI=1S/C19H18O11/c1-7-2-11(23)15(16(25)13(7)19(29)30-6-9(22)5-20)17(26)14-10(18(27)28)3-8(21)4-12(14)24/h2-4,9,20-25H,5-6H2,1H3,(H,27,28). The van der Waals surface area contributed by atoms with Crippen LogP contribution in [0, 0.1) is 6.92 Å². The number of hydrogen-bond donors (Lipinski definition) is 7. The van der Waals surface area contributed by atoms with Crippen LogP contribution < -0.4 is 0 Å². The number of aliphatic hydroxyl groups is 2. The first-order chi connectivity index (χ1) is 14.0. The largest absolute Gasteiger partial charge is 0.508 e. The molecular weight excluding hydrogens is 404 g/mol. The van der Waals surface area contributed by atoms with E-state index in [9.17, 15) is 45.0 Å². The summed E-state index contributed by atoms with van der Waals surface area (Å²) in [6.07, 6.45) is -1.39. The first kappa shape index (κ1) is 22.5. The summed E-state index contributed by atoms with van der Waals surface area (Å²) in [6.45, 7) is -0.0244. The molecule has 2 rings (SSSR count). The summed E-state index contributed by atoms with van der Waals surface area (Å²) in [7, 11) is 0. The SMILES string of the molecule is Cc1cc(O)c(C(=O)c2c(O)cc(O)cc2C(=O)O)c(O)c1C(=O)OCC(O)CO. The predicted molar refractivity (Wildman–Crippen MR) is 98.0 cm³/mol. The molecule has 0 spiro atoms. The van der Waals surface area contributed by atoms with Crippen molar-refractivity contribution in [2.24, 2.45) is 0 Å². The van der Waals surface area contributed by atoms with Gasteiger partial charge in [0.1, 0.15) is 46.8 Å². The number of carboxylic acid groups (broad SMARTS) is 1. The van der Waals surface area contributed by atoms with Gasteiger partial charge in [-0.1, -0.05) is 0 Å². The fourth-order valence-electron chi connectivity index (χ4n) is 2.71. The van der Waals surface area contributed by atoms with Crippen molar-refractivity contribution < 1.29 is 54.9 Å². The molecule has 2 aromatic carbocycles. The van der Waals surface area contributed by atoms with E-state index in [1.54, 1.807) is 0 Å². The van der Waals surface area contributed by atoms with Crippen LogP contribution in [-0.4, -0.2) is 72.8 Å². The smallest absolute Gasteiger partial charge is 0.342 e. The lowest BCUT2D eigenvalue weighted by atomic mass is 9.92. The topological polar surface area (TPSA) is 202 Å². The minimum atomic E-state index is -1.69. The van der Waals surface area contributed by atoms with Gasteiger partial charge >= 0.3 is 11.9 Å². The molecule has 7 N–H and O–H groups in total. The highest BCUT2D eigenvalue weighted by Gasteiger charge is 2.31. The van der Waals surface area contributed by atoms with Crippen molar-refractivity contribution in [3.05, 3.63) is 46.0 Å². The van der Waals surface area contributed by atoms with Crippen LogP contribution in [0.25, 0.3) is 0 Å². The lowest BCUT2D eigenvalue weighted by Gasteiger charge is -2.16. The van der Waals surface area contributed by atoms with Crippen molar-refractivity contribution in [1.29, 1.82) is 0 Å². The number of ketones is 1. The molecule has 2 aromatic rings. The van der Waals surface area contributed by atoms with E-state index in [4.69, 9.17) is 9.84 Å². The molecule has 11 heteroatoms. The van der Waals surface area contributed by atoms with Crippen LogP contribution >= 0.6 is 0 Å². The molecule has 0 aliphatic rings. The van der Waals surface area contributed by atoms with Crippen molar-refractivity contribution in [3.8, 4) is 23.0 Å². The van der Waals surface area contributed by atoms with Gasteiger partial charge in [0.05, 0.1) is 17.7 Å². The zero-order valence-corrected chi connectivity index (χ0v) is 15.5. The van der Waals surface area contributed by atoms with Gasteiger partial charge in [-0.15, -0.1) is 0 Å². The summed E-state index contributed by atoms with van der Waals surface area (Å²) in [4.78, 5) is 36.6. The molecule has 0 aliphatic heterocycles. The number of carbonyl (C=O) groups is 3. The van der Waals surface area contributed by atoms with Crippen LogP contribution in [0.2, 0.25) is 0 Å². The van der Waals surface area contributed by atoms with Crippen LogP contribution in [-0.2, 0) is 4.74 Å². The van der Waals surface area contributed by atoms with Crippen LogP contribution in [0.5, 0.6) is 23.0 Å². The Kier molecular flexibility index (Phi) is 6.49. The number of hydrogen-bond acceptors (Lipinski definition) is 10. The van der Waals surface area contributed by atoms with Gasteiger partial charge in [-0.05, 0) is 24.6 Å². The van der Waals surface area contributed by atoms with Gasteiger partial charge in [0.25, 0.3) is 0 Å². The fraction of sp³-hybridized carbons (Fsp3) is 0.211. The molecule has 30 heavy (non-hydrogen) atoms. The number of aromatic hydroxyl groups is 4. The van der Waals surface area contributed by atoms with Crippen molar-refractivity contribution >= 4 is 17.7 Å². The third kappa shape index (κ3) is 4.26. The zero-order valence-electron chi connectivity index (χ0n) is 15.5. The molecule has 1 atom stereocenters. The van der Waals surface area contributed by atoms with Gasteiger partial charge in [-0.2, -0.15) is 0 Å². The van der Waals surface area contributed by atoms with Crippen LogP contribution in [0.15, 0.2) is 18.2 Å². The minimum absolute atomic E-state index is 0.0153. The van der Waals surface area contributed by atoms with Crippen LogP contribution in [0.3, 0.4) is 0 Å². The Morgan fingerprint density at radius 1 is 0.967 bits per heavy atom. The van der Waals surface area contributed by atoms with Gasteiger partial charge in [-0.25, -0.2) is 9.59 Å². The molecule has 0 fully saturated rings. The minimum Gasteiger partial charge on any atom is -0.508 e. The summed E-state index contributed by atoms with van der Waals surface area (Å²) in [5.41, 5.74) is -3.12. The highest BCUT2D eigenvalue weighted by atomic mass is 16.5. The van der Waals surface area contributed by atoms with Gasteiger partial charge in [0.15, 0.2) is 0 Å². The summed E-state index contributed by atoms with van der Waals surface area (Å²) in [5.74, 6) is -7.68. The first-order valence-electron chi connectivity index (χ1n) is 8.35. The summed E-state index contributed by atoms with van der Waals surface area (Å²) < 4.78 is 4.75. The highest BCUT2D eigenvalue weighted by molar-refractivity contribution is 6.19. The Balaban J connectivity index is 2.63. The van der Waals surface area contributed by atoms with Gasteiger partial charge < -0.3 is 40.5 Å². The normalized spacial score (nSPS) is 11.7. The third-order valence-electron chi connectivity index (χ3n) is 4.09. The number of carboxylic acids is 1. The molecule has 0 radical (unpaired) electrons. The van der Waals surface area contributed by atoms with Crippen molar-refractivity contribution in [1.82, 2.24) is 0 Å². The number of esters is 1. The van der Waals surface area contributed by atoms with Crippen molar-refractivity contribution in [2.45, 2.75) is 13.0 Å². The molecule has 0 saturated heterocycles. The van der Waals surface area contributed by atoms with Crippen molar-refractivity contribution in [2.75, 3.05) is 13.2 Å². The van der Waals surface area contributed by atoms with E-state index in [0.717, 1.165) is 6.07 Å². The monoisotopic (exact) mass is 422 g/mol. The summed E-state index contributed by atoms with van der Waals surface area (Å²) in [5, 5.41) is 67.4. The molecule has 0 saturated carbocycles. The molecule has 11 nitrogen and oxygen atoms in total. The number of aryl methyl sites for hydroxylation is 1. The van der Waals surface area contributed by atoms with Crippen LogP contribution in [0.4, 0.5) is 0 Å². The van der Waals surface area contributed by atoms with Gasteiger partial charge in [0, 0.05) is 6.07 Å². The van der Waals surface area contributed by atoms with E-state index in [-0.39, 0.29) is 5.56 Å². The molecule has 1 unspecified atom stereocenters. The van der Waals surface area contributed by atoms with E-state index in [1.165, 1.54) is 6.92 Å². The van der Waals surface area contributed by atoms with E-state index in [0.29, 0.717) is 12.1 Å².